The van der Waals surface area contributed by atoms with Gasteiger partial charge in [-0.1, -0.05) is 31.2 Å². The molecule has 0 heterocycles. The highest BCUT2D eigenvalue weighted by atomic mass is 16.5. The van der Waals surface area contributed by atoms with Gasteiger partial charge in [0.2, 0.25) is 0 Å². The quantitative estimate of drug-likeness (QED) is 0.712. The molecule has 1 unspecified atom stereocenters. The van der Waals surface area contributed by atoms with Gasteiger partial charge in [-0.3, -0.25) is 4.79 Å². The van der Waals surface area contributed by atoms with Crippen LogP contribution in [0.15, 0.2) is 24.3 Å². The predicted octanol–water partition coefficient (Wildman–Crippen LogP) is 2.89. The lowest BCUT2D eigenvalue weighted by Crippen LogP contribution is -2.05. The maximum absolute atomic E-state index is 11.1. The molecule has 1 rings (SSSR count). The zero-order chi connectivity index (χ0) is 12.7. The van der Waals surface area contributed by atoms with E-state index in [-0.39, 0.29) is 12.1 Å². The van der Waals surface area contributed by atoms with Crippen molar-refractivity contribution in [1.29, 1.82) is 0 Å². The van der Waals surface area contributed by atoms with Gasteiger partial charge in [0.1, 0.15) is 0 Å². The molecule has 0 aliphatic rings. The summed E-state index contributed by atoms with van der Waals surface area (Å²) in [6, 6.07) is 7.88. The van der Waals surface area contributed by atoms with Crippen LogP contribution < -0.4 is 0 Å². The average Bonchev–Trinajstić information content (AvgIpc) is 2.36. The van der Waals surface area contributed by atoms with E-state index in [1.807, 2.05) is 31.2 Å². The molecule has 0 fully saturated rings. The summed E-state index contributed by atoms with van der Waals surface area (Å²) in [5.74, 6) is -0.215. The molecule has 0 amide bonds. The Morgan fingerprint density at radius 3 is 2.47 bits per heavy atom. The highest BCUT2D eigenvalue weighted by Gasteiger charge is 2.06. The molecule has 94 valence electrons. The summed E-state index contributed by atoms with van der Waals surface area (Å²) in [5.41, 5.74) is 2.09. The van der Waals surface area contributed by atoms with Gasteiger partial charge < -0.3 is 9.47 Å². The van der Waals surface area contributed by atoms with Gasteiger partial charge in [0.25, 0.3) is 0 Å². The summed E-state index contributed by atoms with van der Waals surface area (Å²) in [4.78, 5) is 11.1. The molecule has 0 aliphatic carbocycles. The van der Waals surface area contributed by atoms with Crippen molar-refractivity contribution in [2.75, 3.05) is 13.7 Å². The summed E-state index contributed by atoms with van der Waals surface area (Å²) in [5, 5.41) is 0. The van der Waals surface area contributed by atoms with Crippen molar-refractivity contribution in [3.8, 4) is 0 Å². The summed E-state index contributed by atoms with van der Waals surface area (Å²) in [6.07, 6.45) is 1.44. The minimum atomic E-state index is -0.215. The standard InChI is InChI=1S/C14H20O3/c1-4-9-17-11(2)13-7-5-12(6-8-13)10-14(15)16-3/h5-8,11H,4,9-10H2,1-3H3. The Balaban J connectivity index is 2.57. The van der Waals surface area contributed by atoms with Crippen LogP contribution in [-0.4, -0.2) is 19.7 Å². The Bertz CT molecular complexity index is 343. The molecular weight excluding hydrogens is 216 g/mol. The SMILES string of the molecule is CCCOC(C)c1ccc(CC(=O)OC)cc1. The van der Waals surface area contributed by atoms with Crippen LogP contribution in [0.25, 0.3) is 0 Å². The number of rotatable bonds is 6. The summed E-state index contributed by atoms with van der Waals surface area (Å²) in [6.45, 7) is 4.89. The summed E-state index contributed by atoms with van der Waals surface area (Å²) >= 11 is 0. The number of methoxy groups -OCH3 is 1. The zero-order valence-electron chi connectivity index (χ0n) is 10.7. The van der Waals surface area contributed by atoms with E-state index >= 15 is 0 Å². The van der Waals surface area contributed by atoms with Gasteiger partial charge in [-0.15, -0.1) is 0 Å². The monoisotopic (exact) mass is 236 g/mol. The third kappa shape index (κ3) is 4.57. The van der Waals surface area contributed by atoms with Crippen LogP contribution in [0.3, 0.4) is 0 Å². The maximum atomic E-state index is 11.1. The smallest absolute Gasteiger partial charge is 0.309 e. The molecule has 0 aromatic heterocycles. The highest BCUT2D eigenvalue weighted by Crippen LogP contribution is 2.17. The fourth-order valence-electron chi connectivity index (χ4n) is 1.54. The summed E-state index contributed by atoms with van der Waals surface area (Å²) < 4.78 is 10.2. The average molecular weight is 236 g/mol. The van der Waals surface area contributed by atoms with Crippen molar-refractivity contribution in [2.45, 2.75) is 32.8 Å². The number of hydrogen-bond donors (Lipinski definition) is 0. The molecule has 0 aliphatic heterocycles. The fourth-order valence-corrected chi connectivity index (χ4v) is 1.54. The molecule has 3 nitrogen and oxygen atoms in total. The number of carbonyl (C=O) groups excluding carboxylic acids is 1. The van der Waals surface area contributed by atoms with Gasteiger partial charge in [-0.2, -0.15) is 0 Å². The van der Waals surface area contributed by atoms with Crippen molar-refractivity contribution in [2.24, 2.45) is 0 Å². The van der Waals surface area contributed by atoms with Crippen LogP contribution in [-0.2, 0) is 20.7 Å². The molecule has 0 saturated heterocycles. The molecule has 0 radical (unpaired) electrons. The van der Waals surface area contributed by atoms with E-state index in [9.17, 15) is 4.79 Å². The van der Waals surface area contributed by atoms with Gasteiger partial charge >= 0.3 is 5.97 Å². The second-order valence-corrected chi connectivity index (χ2v) is 4.01. The molecule has 0 bridgehead atoms. The molecule has 0 N–H and O–H groups in total. The minimum absolute atomic E-state index is 0.0992. The number of carbonyl (C=O) groups is 1. The van der Waals surface area contributed by atoms with Crippen LogP contribution in [0, 0.1) is 0 Å². The second-order valence-electron chi connectivity index (χ2n) is 4.01. The van der Waals surface area contributed by atoms with Crippen molar-refractivity contribution in [3.05, 3.63) is 35.4 Å². The lowest BCUT2D eigenvalue weighted by atomic mass is 10.1. The predicted molar refractivity (Wildman–Crippen MR) is 66.8 cm³/mol. The molecule has 0 saturated carbocycles. The van der Waals surface area contributed by atoms with Crippen LogP contribution in [0.1, 0.15) is 37.5 Å². The largest absolute Gasteiger partial charge is 0.469 e. The normalized spacial score (nSPS) is 12.2. The maximum Gasteiger partial charge on any atom is 0.309 e. The highest BCUT2D eigenvalue weighted by molar-refractivity contribution is 5.72. The Labute approximate surface area is 103 Å². The van der Waals surface area contributed by atoms with E-state index in [0.29, 0.717) is 6.42 Å². The third-order valence-corrected chi connectivity index (χ3v) is 2.60. The van der Waals surface area contributed by atoms with Gasteiger partial charge in [-0.05, 0) is 24.5 Å². The van der Waals surface area contributed by atoms with Crippen LogP contribution in [0.2, 0.25) is 0 Å². The van der Waals surface area contributed by atoms with Gasteiger partial charge in [-0.25, -0.2) is 0 Å². The molecule has 1 aromatic rings. The second kappa shape index (κ2) is 7.07. The van der Waals surface area contributed by atoms with Crippen molar-refractivity contribution in [1.82, 2.24) is 0 Å². The van der Waals surface area contributed by atoms with E-state index in [1.165, 1.54) is 7.11 Å². The van der Waals surface area contributed by atoms with Gasteiger partial charge in [0.05, 0.1) is 19.6 Å². The van der Waals surface area contributed by atoms with Crippen LogP contribution in [0.4, 0.5) is 0 Å². The minimum Gasteiger partial charge on any atom is -0.469 e. The van der Waals surface area contributed by atoms with Gasteiger partial charge in [0, 0.05) is 6.61 Å². The van der Waals surface area contributed by atoms with Crippen molar-refractivity contribution < 1.29 is 14.3 Å². The Morgan fingerprint density at radius 2 is 1.94 bits per heavy atom. The summed E-state index contributed by atoms with van der Waals surface area (Å²) in [7, 11) is 1.40. The van der Waals surface area contributed by atoms with E-state index in [1.54, 1.807) is 0 Å². The number of ether oxygens (including phenoxy) is 2. The molecule has 17 heavy (non-hydrogen) atoms. The number of benzene rings is 1. The molecule has 3 heteroatoms. The third-order valence-electron chi connectivity index (χ3n) is 2.60. The molecule has 1 aromatic carbocycles. The van der Waals surface area contributed by atoms with Crippen molar-refractivity contribution in [3.63, 3.8) is 0 Å². The Kier molecular flexibility index (Phi) is 5.70. The first-order chi connectivity index (χ1) is 8.17. The zero-order valence-corrected chi connectivity index (χ0v) is 10.7. The first-order valence-corrected chi connectivity index (χ1v) is 5.94. The van der Waals surface area contributed by atoms with Crippen molar-refractivity contribution >= 4 is 5.97 Å². The Hall–Kier alpha value is -1.35. The van der Waals surface area contributed by atoms with Crippen LogP contribution >= 0.6 is 0 Å². The topological polar surface area (TPSA) is 35.5 Å². The Morgan fingerprint density at radius 1 is 1.29 bits per heavy atom. The van der Waals surface area contributed by atoms with E-state index in [2.05, 4.69) is 11.7 Å². The number of esters is 1. The van der Waals surface area contributed by atoms with Crippen LogP contribution in [0.5, 0.6) is 0 Å². The van der Waals surface area contributed by atoms with E-state index < -0.39 is 0 Å². The lowest BCUT2D eigenvalue weighted by Gasteiger charge is -2.13. The number of hydrogen-bond acceptors (Lipinski definition) is 3. The van der Waals surface area contributed by atoms with Gasteiger partial charge in [0.15, 0.2) is 0 Å². The lowest BCUT2D eigenvalue weighted by molar-refractivity contribution is -0.139. The molecular formula is C14H20O3. The molecule has 1 atom stereocenters. The van der Waals surface area contributed by atoms with E-state index in [4.69, 9.17) is 4.74 Å². The first kappa shape index (κ1) is 13.7. The molecule has 0 spiro atoms. The first-order valence-electron chi connectivity index (χ1n) is 5.94. The van der Waals surface area contributed by atoms with E-state index in [0.717, 1.165) is 24.2 Å². The fraction of sp³-hybridized carbons (Fsp3) is 0.500.